The molecule has 5 nitrogen and oxygen atoms in total. The molecule has 0 unspecified atom stereocenters. The van der Waals surface area contributed by atoms with Crippen molar-refractivity contribution < 1.29 is 4.74 Å². The van der Waals surface area contributed by atoms with Crippen LogP contribution in [0.5, 0.6) is 5.88 Å². The Balaban J connectivity index is 1.48. The van der Waals surface area contributed by atoms with Crippen LogP contribution in [0.3, 0.4) is 0 Å². The van der Waals surface area contributed by atoms with E-state index in [0.29, 0.717) is 24.7 Å². The van der Waals surface area contributed by atoms with E-state index in [9.17, 15) is 0 Å². The number of nitrogens with one attached hydrogen (secondary N) is 1. The number of hydrogen-bond donors (Lipinski definition) is 2. The molecule has 0 atom stereocenters. The van der Waals surface area contributed by atoms with Crippen LogP contribution in [0.4, 0.5) is 0 Å². The van der Waals surface area contributed by atoms with E-state index in [1.165, 1.54) is 32.1 Å². The van der Waals surface area contributed by atoms with Gasteiger partial charge in [0, 0.05) is 18.3 Å². The Hall–Kier alpha value is -1.78. The third-order valence-electron chi connectivity index (χ3n) is 4.00. The van der Waals surface area contributed by atoms with Crippen LogP contribution in [0, 0.1) is 0 Å². The summed E-state index contributed by atoms with van der Waals surface area (Å²) in [7, 11) is 0. The lowest BCUT2D eigenvalue weighted by Gasteiger charge is -2.22. The van der Waals surface area contributed by atoms with Gasteiger partial charge in [0.25, 0.3) is 0 Å². The van der Waals surface area contributed by atoms with Crippen LogP contribution in [0.1, 0.15) is 50.5 Å². The fraction of sp³-hybridized carbons (Fsp3) is 0.625. The van der Waals surface area contributed by atoms with Crippen molar-refractivity contribution >= 4 is 5.96 Å². The van der Waals surface area contributed by atoms with E-state index >= 15 is 0 Å². The summed E-state index contributed by atoms with van der Waals surface area (Å²) in [5.74, 6) is 1.25. The quantitative estimate of drug-likeness (QED) is 0.644. The van der Waals surface area contributed by atoms with Gasteiger partial charge in [0.15, 0.2) is 5.96 Å². The van der Waals surface area contributed by atoms with Gasteiger partial charge in [-0.05, 0) is 44.1 Å². The average molecular weight is 288 g/mol. The van der Waals surface area contributed by atoms with E-state index in [4.69, 9.17) is 10.5 Å². The van der Waals surface area contributed by atoms with Crippen LogP contribution < -0.4 is 15.8 Å². The number of nitrogens with zero attached hydrogens (tertiary/aromatic N) is 2. The fourth-order valence-electron chi connectivity index (χ4n) is 2.59. The topological polar surface area (TPSA) is 72.5 Å². The molecule has 1 heterocycles. The second-order valence-corrected chi connectivity index (χ2v) is 6.00. The summed E-state index contributed by atoms with van der Waals surface area (Å²) in [5.41, 5.74) is 6.86. The van der Waals surface area contributed by atoms with Crippen molar-refractivity contribution in [3.05, 3.63) is 23.9 Å². The van der Waals surface area contributed by atoms with Crippen LogP contribution in [0.2, 0.25) is 0 Å². The Labute approximate surface area is 126 Å². The van der Waals surface area contributed by atoms with E-state index < -0.39 is 0 Å². The largest absolute Gasteiger partial charge is 0.474 e. The summed E-state index contributed by atoms with van der Waals surface area (Å²) in [5, 5.41) is 3.17. The second-order valence-electron chi connectivity index (χ2n) is 6.00. The number of rotatable bonds is 5. The first-order valence-electron chi connectivity index (χ1n) is 7.97. The van der Waals surface area contributed by atoms with E-state index in [0.717, 1.165) is 24.3 Å². The molecule has 0 bridgehead atoms. The highest BCUT2D eigenvalue weighted by Crippen LogP contribution is 2.22. The van der Waals surface area contributed by atoms with Crippen molar-refractivity contribution in [2.45, 2.75) is 63.6 Å². The fourth-order valence-corrected chi connectivity index (χ4v) is 2.59. The summed E-state index contributed by atoms with van der Waals surface area (Å²) in [4.78, 5) is 8.69. The van der Waals surface area contributed by atoms with Gasteiger partial charge in [-0.2, -0.15) is 0 Å². The number of aliphatic imine (C=N–C) groups is 1. The maximum absolute atomic E-state index is 5.91. The molecule has 0 spiro atoms. The van der Waals surface area contributed by atoms with Crippen LogP contribution in [-0.2, 0) is 6.54 Å². The lowest BCUT2D eigenvalue weighted by atomic mass is 9.98. The molecule has 5 heteroatoms. The van der Waals surface area contributed by atoms with Crippen molar-refractivity contribution in [3.8, 4) is 5.88 Å². The van der Waals surface area contributed by atoms with E-state index in [1.807, 2.05) is 18.3 Å². The van der Waals surface area contributed by atoms with Crippen molar-refractivity contribution in [1.29, 1.82) is 0 Å². The zero-order chi connectivity index (χ0) is 14.5. The predicted octanol–water partition coefficient (Wildman–Crippen LogP) is 2.36. The zero-order valence-corrected chi connectivity index (χ0v) is 12.4. The molecular formula is C16H24N4O. The number of pyridine rings is 1. The molecular weight excluding hydrogens is 264 g/mol. The number of aromatic nitrogens is 1. The van der Waals surface area contributed by atoms with E-state index in [2.05, 4.69) is 15.3 Å². The highest BCUT2D eigenvalue weighted by molar-refractivity contribution is 5.78. The predicted molar refractivity (Wildman–Crippen MR) is 83.2 cm³/mol. The number of ether oxygens (including phenoxy) is 1. The SMILES string of the molecule is NC(=NCc1ccc(OC2CCCCC2)nc1)NC1CC1. The first kappa shape index (κ1) is 14.2. The molecule has 0 radical (unpaired) electrons. The summed E-state index contributed by atoms with van der Waals surface area (Å²) in [6, 6.07) is 4.49. The van der Waals surface area contributed by atoms with Crippen LogP contribution in [0.25, 0.3) is 0 Å². The van der Waals surface area contributed by atoms with Gasteiger partial charge in [0.2, 0.25) is 5.88 Å². The highest BCUT2D eigenvalue weighted by atomic mass is 16.5. The summed E-state index contributed by atoms with van der Waals surface area (Å²) >= 11 is 0. The normalized spacial score (nSPS) is 20.3. The third kappa shape index (κ3) is 4.62. The molecule has 1 aromatic heterocycles. The van der Waals surface area contributed by atoms with Gasteiger partial charge in [-0.25, -0.2) is 9.98 Å². The first-order chi connectivity index (χ1) is 10.3. The molecule has 0 aromatic carbocycles. The zero-order valence-electron chi connectivity index (χ0n) is 12.4. The maximum atomic E-state index is 5.91. The minimum atomic E-state index is 0.341. The molecule has 0 saturated heterocycles. The van der Waals surface area contributed by atoms with E-state index in [1.54, 1.807) is 0 Å². The van der Waals surface area contributed by atoms with Crippen molar-refractivity contribution in [2.24, 2.45) is 10.7 Å². The molecule has 2 aliphatic carbocycles. The monoisotopic (exact) mass is 288 g/mol. The van der Waals surface area contributed by atoms with Crippen LogP contribution in [0.15, 0.2) is 23.3 Å². The van der Waals surface area contributed by atoms with Gasteiger partial charge in [-0.15, -0.1) is 0 Å². The Bertz CT molecular complexity index is 476. The smallest absolute Gasteiger partial charge is 0.213 e. The number of nitrogens with two attached hydrogens (primary N) is 1. The molecule has 0 amide bonds. The first-order valence-corrected chi connectivity index (χ1v) is 7.97. The Morgan fingerprint density at radius 3 is 2.71 bits per heavy atom. The summed E-state index contributed by atoms with van der Waals surface area (Å²) < 4.78 is 5.91. The van der Waals surface area contributed by atoms with Gasteiger partial charge < -0.3 is 15.8 Å². The van der Waals surface area contributed by atoms with Crippen LogP contribution in [-0.4, -0.2) is 23.1 Å². The van der Waals surface area contributed by atoms with Gasteiger partial charge in [-0.3, -0.25) is 0 Å². The standard InChI is InChI=1S/C16H24N4O/c17-16(20-13-7-8-13)19-11-12-6-9-15(18-10-12)21-14-4-2-1-3-5-14/h6,9-10,13-14H,1-5,7-8,11H2,(H3,17,19,20). The van der Waals surface area contributed by atoms with Crippen LogP contribution >= 0.6 is 0 Å². The van der Waals surface area contributed by atoms with Gasteiger partial charge in [0.1, 0.15) is 6.10 Å². The average Bonchev–Trinajstić information content (AvgIpc) is 3.32. The maximum Gasteiger partial charge on any atom is 0.213 e. The van der Waals surface area contributed by atoms with E-state index in [-0.39, 0.29) is 0 Å². The second kappa shape index (κ2) is 6.78. The Kier molecular flexibility index (Phi) is 4.58. The molecule has 2 saturated carbocycles. The lowest BCUT2D eigenvalue weighted by molar-refractivity contribution is 0.148. The lowest BCUT2D eigenvalue weighted by Crippen LogP contribution is -2.33. The van der Waals surface area contributed by atoms with Crippen molar-refractivity contribution in [1.82, 2.24) is 10.3 Å². The molecule has 1 aromatic rings. The molecule has 2 aliphatic rings. The molecule has 2 fully saturated rings. The molecule has 21 heavy (non-hydrogen) atoms. The van der Waals surface area contributed by atoms with Gasteiger partial charge in [-0.1, -0.05) is 12.5 Å². The molecule has 3 N–H and O–H groups in total. The van der Waals surface area contributed by atoms with Crippen molar-refractivity contribution in [3.63, 3.8) is 0 Å². The summed E-state index contributed by atoms with van der Waals surface area (Å²) in [6.45, 7) is 0.558. The highest BCUT2D eigenvalue weighted by Gasteiger charge is 2.21. The molecule has 3 rings (SSSR count). The Morgan fingerprint density at radius 1 is 1.24 bits per heavy atom. The number of hydrogen-bond acceptors (Lipinski definition) is 3. The van der Waals surface area contributed by atoms with Gasteiger partial charge in [0.05, 0.1) is 6.54 Å². The molecule has 114 valence electrons. The van der Waals surface area contributed by atoms with Gasteiger partial charge >= 0.3 is 0 Å². The van der Waals surface area contributed by atoms with Crippen molar-refractivity contribution in [2.75, 3.05) is 0 Å². The Morgan fingerprint density at radius 2 is 2.05 bits per heavy atom. The third-order valence-corrected chi connectivity index (χ3v) is 4.00. The summed E-state index contributed by atoms with van der Waals surface area (Å²) in [6.07, 6.45) is 10.7. The molecule has 0 aliphatic heterocycles. The minimum Gasteiger partial charge on any atom is -0.474 e. The minimum absolute atomic E-state index is 0.341. The number of guanidine groups is 1.